The van der Waals surface area contributed by atoms with Gasteiger partial charge in [-0.25, -0.2) is 4.98 Å². The molecule has 0 aliphatic heterocycles. The van der Waals surface area contributed by atoms with Crippen LogP contribution in [0.5, 0.6) is 0 Å². The molecular formula is C8H14N2S. The van der Waals surface area contributed by atoms with Crippen LogP contribution in [0.15, 0.2) is 5.38 Å². The van der Waals surface area contributed by atoms with E-state index in [1.165, 1.54) is 0 Å². The second-order valence-electron chi connectivity index (χ2n) is 2.76. The minimum atomic E-state index is 0.278. The molecule has 0 bridgehead atoms. The van der Waals surface area contributed by atoms with Crippen LogP contribution in [0.4, 0.5) is 0 Å². The molecule has 0 radical (unpaired) electrons. The summed E-state index contributed by atoms with van der Waals surface area (Å²) in [6.07, 6.45) is 1.95. The van der Waals surface area contributed by atoms with Gasteiger partial charge in [0.15, 0.2) is 0 Å². The van der Waals surface area contributed by atoms with Gasteiger partial charge in [0, 0.05) is 23.5 Å². The Kier molecular flexibility index (Phi) is 3.02. The Morgan fingerprint density at radius 1 is 1.73 bits per heavy atom. The smallest absolute Gasteiger partial charge is 0.0943 e. The van der Waals surface area contributed by atoms with Crippen molar-refractivity contribution in [1.29, 1.82) is 0 Å². The number of aryl methyl sites for hydroxylation is 1. The highest BCUT2D eigenvalue weighted by atomic mass is 32.1. The first-order chi connectivity index (χ1) is 5.22. The van der Waals surface area contributed by atoms with Crippen molar-refractivity contribution in [2.24, 2.45) is 5.73 Å². The van der Waals surface area contributed by atoms with Crippen LogP contribution in [0.3, 0.4) is 0 Å². The van der Waals surface area contributed by atoms with Crippen molar-refractivity contribution in [1.82, 2.24) is 4.98 Å². The molecule has 1 aromatic rings. The molecule has 0 aliphatic rings. The molecule has 2 N–H and O–H groups in total. The van der Waals surface area contributed by atoms with E-state index in [2.05, 4.69) is 17.3 Å². The molecule has 2 nitrogen and oxygen atoms in total. The molecule has 0 saturated carbocycles. The third kappa shape index (κ3) is 2.60. The maximum absolute atomic E-state index is 5.78. The molecular weight excluding hydrogens is 156 g/mol. The minimum absolute atomic E-state index is 0.278. The molecule has 1 unspecified atom stereocenters. The zero-order valence-corrected chi connectivity index (χ0v) is 7.82. The van der Waals surface area contributed by atoms with Gasteiger partial charge in [-0.15, -0.1) is 11.3 Å². The number of thiazole rings is 1. The van der Waals surface area contributed by atoms with Gasteiger partial charge in [0.05, 0.1) is 5.01 Å². The van der Waals surface area contributed by atoms with Crippen molar-refractivity contribution in [3.63, 3.8) is 0 Å². The Morgan fingerprint density at radius 3 is 2.91 bits per heavy atom. The maximum atomic E-state index is 5.78. The highest BCUT2D eigenvalue weighted by Gasteiger charge is 2.03. The van der Waals surface area contributed by atoms with Gasteiger partial charge in [-0.05, 0) is 13.3 Å². The minimum Gasteiger partial charge on any atom is -0.327 e. The fraction of sp³-hybridized carbons (Fsp3) is 0.625. The van der Waals surface area contributed by atoms with E-state index in [-0.39, 0.29) is 6.04 Å². The van der Waals surface area contributed by atoms with Gasteiger partial charge in [-0.2, -0.15) is 0 Å². The first-order valence-corrected chi connectivity index (χ1v) is 4.77. The molecule has 0 saturated heterocycles. The standard InChI is InChI=1S/C8H14N2S/c1-3-7(9)4-8-10-6(2)5-11-8/h5,7H,3-4,9H2,1-2H3. The first-order valence-electron chi connectivity index (χ1n) is 3.89. The average molecular weight is 170 g/mol. The van der Waals surface area contributed by atoms with Crippen LogP contribution in [0.25, 0.3) is 0 Å². The van der Waals surface area contributed by atoms with Crippen LogP contribution >= 0.6 is 11.3 Å². The number of nitrogens with two attached hydrogens (primary N) is 1. The maximum Gasteiger partial charge on any atom is 0.0943 e. The van der Waals surface area contributed by atoms with Crippen LogP contribution in [0.2, 0.25) is 0 Å². The fourth-order valence-corrected chi connectivity index (χ4v) is 1.73. The Labute approximate surface area is 71.5 Å². The average Bonchev–Trinajstić information content (AvgIpc) is 2.35. The number of hydrogen-bond donors (Lipinski definition) is 1. The number of hydrogen-bond acceptors (Lipinski definition) is 3. The van der Waals surface area contributed by atoms with E-state index in [1.807, 2.05) is 6.92 Å². The van der Waals surface area contributed by atoms with Gasteiger partial charge < -0.3 is 5.73 Å². The summed E-state index contributed by atoms with van der Waals surface area (Å²) in [5.74, 6) is 0. The predicted octanol–water partition coefficient (Wildman–Crippen LogP) is 1.73. The van der Waals surface area contributed by atoms with Gasteiger partial charge in [-0.3, -0.25) is 0 Å². The quantitative estimate of drug-likeness (QED) is 0.750. The number of aromatic nitrogens is 1. The van der Waals surface area contributed by atoms with Crippen LogP contribution in [0, 0.1) is 6.92 Å². The van der Waals surface area contributed by atoms with E-state index in [9.17, 15) is 0 Å². The van der Waals surface area contributed by atoms with Gasteiger partial charge in [0.2, 0.25) is 0 Å². The number of nitrogens with zero attached hydrogens (tertiary/aromatic N) is 1. The second kappa shape index (κ2) is 3.83. The summed E-state index contributed by atoms with van der Waals surface area (Å²) < 4.78 is 0. The molecule has 0 spiro atoms. The summed E-state index contributed by atoms with van der Waals surface area (Å²) >= 11 is 1.70. The zero-order valence-electron chi connectivity index (χ0n) is 7.00. The summed E-state index contributed by atoms with van der Waals surface area (Å²) in [6, 6.07) is 0.278. The zero-order chi connectivity index (χ0) is 8.27. The van der Waals surface area contributed by atoms with Crippen LogP contribution < -0.4 is 5.73 Å². The van der Waals surface area contributed by atoms with E-state index in [0.717, 1.165) is 23.5 Å². The van der Waals surface area contributed by atoms with E-state index in [0.29, 0.717) is 0 Å². The Morgan fingerprint density at radius 2 is 2.45 bits per heavy atom. The molecule has 11 heavy (non-hydrogen) atoms. The molecule has 0 amide bonds. The summed E-state index contributed by atoms with van der Waals surface area (Å²) in [5, 5.41) is 3.23. The summed E-state index contributed by atoms with van der Waals surface area (Å²) in [7, 11) is 0. The summed E-state index contributed by atoms with van der Waals surface area (Å²) in [6.45, 7) is 4.11. The van der Waals surface area contributed by atoms with E-state index < -0.39 is 0 Å². The lowest BCUT2D eigenvalue weighted by Crippen LogP contribution is -2.21. The van der Waals surface area contributed by atoms with Gasteiger partial charge >= 0.3 is 0 Å². The summed E-state index contributed by atoms with van der Waals surface area (Å²) in [4.78, 5) is 4.34. The lowest BCUT2D eigenvalue weighted by Gasteiger charge is -2.03. The van der Waals surface area contributed by atoms with Gasteiger partial charge in [-0.1, -0.05) is 6.92 Å². The van der Waals surface area contributed by atoms with Crippen LogP contribution in [-0.4, -0.2) is 11.0 Å². The first kappa shape index (κ1) is 8.68. The van der Waals surface area contributed by atoms with Crippen molar-refractivity contribution in [3.8, 4) is 0 Å². The van der Waals surface area contributed by atoms with Crippen LogP contribution in [-0.2, 0) is 6.42 Å². The van der Waals surface area contributed by atoms with E-state index in [1.54, 1.807) is 11.3 Å². The van der Waals surface area contributed by atoms with E-state index >= 15 is 0 Å². The molecule has 0 aliphatic carbocycles. The van der Waals surface area contributed by atoms with Crippen molar-refractivity contribution >= 4 is 11.3 Å². The second-order valence-corrected chi connectivity index (χ2v) is 3.70. The highest BCUT2D eigenvalue weighted by Crippen LogP contribution is 2.10. The number of rotatable bonds is 3. The lowest BCUT2D eigenvalue weighted by atomic mass is 10.2. The van der Waals surface area contributed by atoms with Crippen molar-refractivity contribution < 1.29 is 0 Å². The third-order valence-electron chi connectivity index (χ3n) is 1.63. The molecule has 1 aromatic heterocycles. The highest BCUT2D eigenvalue weighted by molar-refractivity contribution is 7.09. The molecule has 3 heteroatoms. The molecule has 1 atom stereocenters. The normalized spacial score (nSPS) is 13.4. The molecule has 62 valence electrons. The Hall–Kier alpha value is -0.410. The SMILES string of the molecule is CCC(N)Cc1nc(C)cs1. The van der Waals surface area contributed by atoms with Gasteiger partial charge in [0.1, 0.15) is 0 Å². The van der Waals surface area contributed by atoms with Crippen molar-refractivity contribution in [3.05, 3.63) is 16.1 Å². The fourth-order valence-electron chi connectivity index (χ4n) is 0.865. The molecule has 0 aromatic carbocycles. The van der Waals surface area contributed by atoms with Crippen molar-refractivity contribution in [2.45, 2.75) is 32.7 Å². The third-order valence-corrected chi connectivity index (χ3v) is 2.62. The Balaban J connectivity index is 2.50. The van der Waals surface area contributed by atoms with E-state index in [4.69, 9.17) is 5.73 Å². The monoisotopic (exact) mass is 170 g/mol. The molecule has 1 rings (SSSR count). The van der Waals surface area contributed by atoms with Crippen LogP contribution in [0.1, 0.15) is 24.0 Å². The largest absolute Gasteiger partial charge is 0.327 e. The lowest BCUT2D eigenvalue weighted by molar-refractivity contribution is 0.643. The summed E-state index contributed by atoms with van der Waals surface area (Å²) in [5.41, 5.74) is 6.89. The van der Waals surface area contributed by atoms with Crippen molar-refractivity contribution in [2.75, 3.05) is 0 Å². The molecule has 1 heterocycles. The topological polar surface area (TPSA) is 38.9 Å². The van der Waals surface area contributed by atoms with Gasteiger partial charge in [0.25, 0.3) is 0 Å². The molecule has 0 fully saturated rings. The predicted molar refractivity (Wildman–Crippen MR) is 48.8 cm³/mol. The Bertz CT molecular complexity index is 220.